The second-order valence-electron chi connectivity index (χ2n) is 2.96. The van der Waals surface area contributed by atoms with Gasteiger partial charge < -0.3 is 5.11 Å². The lowest BCUT2D eigenvalue weighted by molar-refractivity contribution is 0.245. The van der Waals surface area contributed by atoms with Gasteiger partial charge in [0.2, 0.25) is 0 Å². The van der Waals surface area contributed by atoms with Crippen molar-refractivity contribution in [2.75, 3.05) is 6.61 Å². The fraction of sp³-hybridized carbons (Fsp3) is 1.00. The average molecular weight is 204 g/mol. The zero-order valence-corrected chi connectivity index (χ0v) is 11.3. The normalized spacial score (nSPS) is 8.57. The molecule has 0 spiro atoms. The fourth-order valence-electron chi connectivity index (χ4n) is 1.43. The minimum atomic E-state index is 0.366. The van der Waals surface area contributed by atoms with Crippen molar-refractivity contribution in [3.05, 3.63) is 0 Å². The van der Waals surface area contributed by atoms with Gasteiger partial charge in [-0.1, -0.05) is 67.2 Å². The molecular weight excluding hydrogens is 172 g/mol. The number of aliphatic hydroxyl groups is 1. The molecule has 0 fully saturated rings. The predicted molar refractivity (Wildman–Crippen MR) is 67.7 cm³/mol. The first-order chi connectivity index (χ1) is 6.85. The van der Waals surface area contributed by atoms with Gasteiger partial charge in [0.15, 0.2) is 0 Å². The summed E-state index contributed by atoms with van der Waals surface area (Å²) in [6, 6.07) is 0. The molecule has 14 heavy (non-hydrogen) atoms. The molecule has 1 heteroatoms. The van der Waals surface area contributed by atoms with Crippen LogP contribution in [0.2, 0.25) is 0 Å². The molecule has 1 N–H and O–H groups in total. The van der Waals surface area contributed by atoms with E-state index >= 15 is 0 Å². The number of hydrogen-bond donors (Lipinski definition) is 1. The minimum Gasteiger partial charge on any atom is -0.396 e. The molecule has 0 aromatic heterocycles. The van der Waals surface area contributed by atoms with Crippen LogP contribution in [-0.4, -0.2) is 11.7 Å². The molecule has 90 valence electrons. The van der Waals surface area contributed by atoms with Crippen molar-refractivity contribution in [1.29, 1.82) is 0 Å². The third kappa shape index (κ3) is 17.9. The Bertz CT molecular complexity index is 48.0. The molecule has 0 radical (unpaired) electrons. The van der Waals surface area contributed by atoms with Crippen LogP contribution in [0.25, 0.3) is 0 Å². The smallest absolute Gasteiger partial charge is 0.0433 e. The number of rotatable bonds is 6. The van der Waals surface area contributed by atoms with Gasteiger partial charge in [0, 0.05) is 6.61 Å². The van der Waals surface area contributed by atoms with Crippen LogP contribution < -0.4 is 0 Å². The van der Waals surface area contributed by atoms with E-state index in [1.165, 1.54) is 25.7 Å². The highest BCUT2D eigenvalue weighted by Gasteiger charge is 2.04. The van der Waals surface area contributed by atoms with Crippen molar-refractivity contribution in [2.45, 2.75) is 73.6 Å². The maximum Gasteiger partial charge on any atom is 0.0433 e. The van der Waals surface area contributed by atoms with Crippen LogP contribution in [0.5, 0.6) is 0 Å². The summed E-state index contributed by atoms with van der Waals surface area (Å²) in [4.78, 5) is 0. The van der Waals surface area contributed by atoms with E-state index in [4.69, 9.17) is 5.11 Å². The van der Waals surface area contributed by atoms with E-state index in [-0.39, 0.29) is 0 Å². The van der Waals surface area contributed by atoms with Crippen LogP contribution in [0.3, 0.4) is 0 Å². The molecule has 0 aliphatic heterocycles. The SMILES string of the molecule is CC.CC.CCCC(CCC)CCO. The van der Waals surface area contributed by atoms with Crippen LogP contribution >= 0.6 is 0 Å². The maximum atomic E-state index is 8.69. The van der Waals surface area contributed by atoms with Crippen LogP contribution in [-0.2, 0) is 0 Å². The summed E-state index contributed by atoms with van der Waals surface area (Å²) >= 11 is 0. The third-order valence-electron chi connectivity index (χ3n) is 1.93. The van der Waals surface area contributed by atoms with Gasteiger partial charge in [0.25, 0.3) is 0 Å². The topological polar surface area (TPSA) is 20.2 Å². The highest BCUT2D eigenvalue weighted by Crippen LogP contribution is 2.16. The van der Waals surface area contributed by atoms with E-state index in [1.807, 2.05) is 27.7 Å². The quantitative estimate of drug-likeness (QED) is 0.668. The van der Waals surface area contributed by atoms with Gasteiger partial charge in [0.1, 0.15) is 0 Å². The van der Waals surface area contributed by atoms with E-state index in [9.17, 15) is 0 Å². The van der Waals surface area contributed by atoms with Crippen molar-refractivity contribution in [2.24, 2.45) is 5.92 Å². The summed E-state index contributed by atoms with van der Waals surface area (Å²) in [5.41, 5.74) is 0. The second kappa shape index (κ2) is 23.1. The highest BCUT2D eigenvalue weighted by molar-refractivity contribution is 4.56. The van der Waals surface area contributed by atoms with Crippen LogP contribution in [0.15, 0.2) is 0 Å². The molecule has 1 nitrogen and oxygen atoms in total. The Hall–Kier alpha value is -0.0400. The summed E-state index contributed by atoms with van der Waals surface area (Å²) in [6.45, 7) is 12.8. The lowest BCUT2D eigenvalue weighted by atomic mass is 9.95. The Labute approximate surface area is 91.9 Å². The molecule has 0 aliphatic rings. The third-order valence-corrected chi connectivity index (χ3v) is 1.93. The maximum absolute atomic E-state index is 8.69. The Balaban J connectivity index is -0.000000266. The fourth-order valence-corrected chi connectivity index (χ4v) is 1.43. The van der Waals surface area contributed by atoms with E-state index in [0.717, 1.165) is 12.3 Å². The first-order valence-corrected chi connectivity index (χ1v) is 6.46. The van der Waals surface area contributed by atoms with Gasteiger partial charge in [-0.2, -0.15) is 0 Å². The van der Waals surface area contributed by atoms with Crippen LogP contribution in [0.1, 0.15) is 73.6 Å². The Kier molecular flexibility index (Phi) is 32.2. The van der Waals surface area contributed by atoms with Crippen molar-refractivity contribution >= 4 is 0 Å². The number of hydrogen-bond acceptors (Lipinski definition) is 1. The highest BCUT2D eigenvalue weighted by atomic mass is 16.3. The minimum absolute atomic E-state index is 0.366. The Morgan fingerprint density at radius 1 is 0.786 bits per heavy atom. The van der Waals surface area contributed by atoms with Gasteiger partial charge >= 0.3 is 0 Å². The van der Waals surface area contributed by atoms with Gasteiger partial charge in [0.05, 0.1) is 0 Å². The lowest BCUT2D eigenvalue weighted by Gasteiger charge is -2.12. The monoisotopic (exact) mass is 204 g/mol. The molecule has 0 heterocycles. The van der Waals surface area contributed by atoms with E-state index in [2.05, 4.69) is 13.8 Å². The standard InChI is InChI=1S/C9H20O.2C2H6/c1-3-5-9(6-4-2)7-8-10;2*1-2/h9-10H,3-8H2,1-2H3;2*1-2H3. The summed E-state index contributed by atoms with van der Waals surface area (Å²) < 4.78 is 0. The molecule has 0 atom stereocenters. The molecule has 0 aromatic carbocycles. The van der Waals surface area contributed by atoms with Crippen molar-refractivity contribution in [1.82, 2.24) is 0 Å². The zero-order chi connectivity index (χ0) is 11.8. The Morgan fingerprint density at radius 3 is 1.36 bits per heavy atom. The molecule has 0 aromatic rings. The van der Waals surface area contributed by atoms with Crippen LogP contribution in [0, 0.1) is 5.92 Å². The molecule has 0 aliphatic carbocycles. The van der Waals surface area contributed by atoms with Crippen molar-refractivity contribution < 1.29 is 5.11 Å². The molecule has 0 unspecified atom stereocenters. The van der Waals surface area contributed by atoms with E-state index in [0.29, 0.717) is 6.61 Å². The molecule has 0 saturated heterocycles. The molecule has 0 bridgehead atoms. The predicted octanol–water partition coefficient (Wildman–Crippen LogP) is 4.64. The largest absolute Gasteiger partial charge is 0.396 e. The average Bonchev–Trinajstić information content (AvgIpc) is 2.25. The van der Waals surface area contributed by atoms with Gasteiger partial charge in [-0.3, -0.25) is 0 Å². The molecular formula is C13H32O. The first-order valence-electron chi connectivity index (χ1n) is 6.46. The summed E-state index contributed by atoms with van der Waals surface area (Å²) in [5, 5.41) is 8.69. The van der Waals surface area contributed by atoms with E-state index < -0.39 is 0 Å². The summed E-state index contributed by atoms with van der Waals surface area (Å²) in [6.07, 6.45) is 6.08. The lowest BCUT2D eigenvalue weighted by Crippen LogP contribution is -2.01. The van der Waals surface area contributed by atoms with Crippen molar-refractivity contribution in [3.63, 3.8) is 0 Å². The van der Waals surface area contributed by atoms with Gasteiger partial charge in [-0.05, 0) is 12.3 Å². The molecule has 0 amide bonds. The van der Waals surface area contributed by atoms with Gasteiger partial charge in [-0.25, -0.2) is 0 Å². The van der Waals surface area contributed by atoms with Crippen LogP contribution in [0.4, 0.5) is 0 Å². The number of aliphatic hydroxyl groups excluding tert-OH is 1. The molecule has 0 saturated carbocycles. The van der Waals surface area contributed by atoms with E-state index in [1.54, 1.807) is 0 Å². The summed E-state index contributed by atoms with van der Waals surface area (Å²) in [7, 11) is 0. The van der Waals surface area contributed by atoms with Crippen molar-refractivity contribution in [3.8, 4) is 0 Å². The zero-order valence-electron chi connectivity index (χ0n) is 11.3. The summed E-state index contributed by atoms with van der Waals surface area (Å²) in [5.74, 6) is 0.778. The second-order valence-corrected chi connectivity index (χ2v) is 2.96. The Morgan fingerprint density at radius 2 is 1.14 bits per heavy atom. The molecule has 0 rings (SSSR count). The first kappa shape index (κ1) is 19.5. The van der Waals surface area contributed by atoms with Gasteiger partial charge in [-0.15, -0.1) is 0 Å².